The Balaban J connectivity index is 1.86. The molecule has 8 heteroatoms. The molecule has 1 aromatic carbocycles. The van der Waals surface area contributed by atoms with E-state index in [1.165, 1.54) is 4.80 Å². The maximum atomic E-state index is 5.29. The lowest BCUT2D eigenvalue weighted by atomic mass is 10.2. The Labute approximate surface area is 127 Å². The fourth-order valence-electron chi connectivity index (χ4n) is 2.10. The van der Waals surface area contributed by atoms with Crippen molar-refractivity contribution in [3.63, 3.8) is 0 Å². The van der Waals surface area contributed by atoms with E-state index in [0.717, 1.165) is 11.3 Å². The van der Waals surface area contributed by atoms with Crippen LogP contribution < -0.4 is 9.47 Å². The fraction of sp³-hybridized carbons (Fsp3) is 0.286. The van der Waals surface area contributed by atoms with Crippen molar-refractivity contribution in [1.82, 2.24) is 30.0 Å². The highest BCUT2D eigenvalue weighted by molar-refractivity contribution is 5.60. The van der Waals surface area contributed by atoms with E-state index in [-0.39, 0.29) is 0 Å². The molecule has 0 aliphatic rings. The number of aromatic nitrogens is 6. The average Bonchev–Trinajstić information content (AvgIpc) is 3.17. The highest BCUT2D eigenvalue weighted by Gasteiger charge is 2.11. The minimum absolute atomic E-state index is 0.511. The molecular formula is C14H16N6O2. The first-order valence-corrected chi connectivity index (χ1v) is 6.68. The zero-order chi connectivity index (χ0) is 15.5. The van der Waals surface area contributed by atoms with Crippen LogP contribution in [0, 0.1) is 0 Å². The number of rotatable bonds is 5. The van der Waals surface area contributed by atoms with Gasteiger partial charge in [0.15, 0.2) is 11.5 Å². The Bertz CT molecular complexity index is 779. The summed E-state index contributed by atoms with van der Waals surface area (Å²) in [6, 6.07) is 7.42. The molecule has 3 aromatic rings. The van der Waals surface area contributed by atoms with E-state index in [0.29, 0.717) is 23.9 Å². The molecule has 0 atom stereocenters. The van der Waals surface area contributed by atoms with Crippen LogP contribution in [0.2, 0.25) is 0 Å². The summed E-state index contributed by atoms with van der Waals surface area (Å²) in [6.07, 6.45) is 1.74. The van der Waals surface area contributed by atoms with Gasteiger partial charge in [0, 0.05) is 18.8 Å². The first kappa shape index (κ1) is 14.1. The van der Waals surface area contributed by atoms with Gasteiger partial charge in [-0.2, -0.15) is 9.90 Å². The Hall–Kier alpha value is -2.90. The number of nitrogens with zero attached hydrogens (tertiary/aromatic N) is 6. The van der Waals surface area contributed by atoms with Crippen LogP contribution in [0.4, 0.5) is 0 Å². The van der Waals surface area contributed by atoms with Crippen molar-refractivity contribution in [3.8, 4) is 22.9 Å². The average molecular weight is 300 g/mol. The van der Waals surface area contributed by atoms with Gasteiger partial charge in [-0.1, -0.05) is 0 Å². The van der Waals surface area contributed by atoms with Crippen molar-refractivity contribution in [1.29, 1.82) is 0 Å². The molecule has 22 heavy (non-hydrogen) atoms. The molecule has 3 rings (SSSR count). The van der Waals surface area contributed by atoms with Gasteiger partial charge in [-0.15, -0.1) is 10.2 Å². The van der Waals surface area contributed by atoms with Crippen LogP contribution >= 0.6 is 0 Å². The molecule has 114 valence electrons. The minimum Gasteiger partial charge on any atom is -0.493 e. The van der Waals surface area contributed by atoms with Crippen LogP contribution in [0.1, 0.15) is 5.69 Å². The predicted molar refractivity (Wildman–Crippen MR) is 78.7 cm³/mol. The summed E-state index contributed by atoms with van der Waals surface area (Å²) in [5.74, 6) is 1.82. The molecule has 0 spiro atoms. The first-order valence-electron chi connectivity index (χ1n) is 6.68. The summed E-state index contributed by atoms with van der Waals surface area (Å²) in [4.78, 5) is 1.53. The van der Waals surface area contributed by atoms with E-state index >= 15 is 0 Å². The summed E-state index contributed by atoms with van der Waals surface area (Å²) in [5, 5.41) is 16.7. The maximum absolute atomic E-state index is 5.29. The van der Waals surface area contributed by atoms with E-state index in [1.807, 2.05) is 31.3 Å². The van der Waals surface area contributed by atoms with E-state index in [1.54, 1.807) is 25.1 Å². The van der Waals surface area contributed by atoms with Crippen LogP contribution in [-0.4, -0.2) is 44.2 Å². The Morgan fingerprint density at radius 2 is 1.91 bits per heavy atom. The van der Waals surface area contributed by atoms with Crippen LogP contribution in [0.5, 0.6) is 11.5 Å². The molecule has 0 aliphatic carbocycles. The molecule has 0 N–H and O–H groups in total. The quantitative estimate of drug-likeness (QED) is 0.703. The zero-order valence-electron chi connectivity index (χ0n) is 12.6. The van der Waals surface area contributed by atoms with E-state index in [4.69, 9.17) is 9.47 Å². The molecule has 0 bridgehead atoms. The molecule has 0 saturated heterocycles. The minimum atomic E-state index is 0.511. The Morgan fingerprint density at radius 1 is 1.09 bits per heavy atom. The van der Waals surface area contributed by atoms with E-state index in [9.17, 15) is 0 Å². The van der Waals surface area contributed by atoms with Crippen molar-refractivity contribution < 1.29 is 9.47 Å². The Kier molecular flexibility index (Phi) is 3.73. The molecular weight excluding hydrogens is 284 g/mol. The van der Waals surface area contributed by atoms with Crippen LogP contribution in [0.25, 0.3) is 11.4 Å². The number of aryl methyl sites for hydroxylation is 1. The molecule has 0 amide bonds. The smallest absolute Gasteiger partial charge is 0.205 e. The van der Waals surface area contributed by atoms with Crippen LogP contribution in [0.15, 0.2) is 30.5 Å². The number of ether oxygens (including phenoxy) is 2. The summed E-state index contributed by atoms with van der Waals surface area (Å²) in [5.41, 5.74) is 1.81. The van der Waals surface area contributed by atoms with Crippen molar-refractivity contribution in [2.75, 3.05) is 14.2 Å². The van der Waals surface area contributed by atoms with E-state index in [2.05, 4.69) is 20.5 Å². The topological polar surface area (TPSA) is 79.9 Å². The number of hydrogen-bond acceptors (Lipinski definition) is 6. The second-order valence-electron chi connectivity index (χ2n) is 4.66. The lowest BCUT2D eigenvalue weighted by Crippen LogP contribution is -2.08. The van der Waals surface area contributed by atoms with Gasteiger partial charge >= 0.3 is 0 Å². The van der Waals surface area contributed by atoms with Gasteiger partial charge in [0.25, 0.3) is 0 Å². The normalized spacial score (nSPS) is 10.7. The summed E-state index contributed by atoms with van der Waals surface area (Å²) < 4.78 is 12.3. The fourth-order valence-corrected chi connectivity index (χ4v) is 2.10. The molecule has 0 fully saturated rings. The third-order valence-electron chi connectivity index (χ3n) is 3.32. The maximum Gasteiger partial charge on any atom is 0.205 e. The van der Waals surface area contributed by atoms with Gasteiger partial charge in [0.2, 0.25) is 5.82 Å². The van der Waals surface area contributed by atoms with Crippen molar-refractivity contribution >= 4 is 0 Å². The highest BCUT2D eigenvalue weighted by Crippen LogP contribution is 2.30. The van der Waals surface area contributed by atoms with Crippen molar-refractivity contribution in [2.24, 2.45) is 7.05 Å². The zero-order valence-corrected chi connectivity index (χ0v) is 12.6. The van der Waals surface area contributed by atoms with Crippen LogP contribution in [-0.2, 0) is 13.6 Å². The van der Waals surface area contributed by atoms with E-state index < -0.39 is 0 Å². The molecule has 2 heterocycles. The summed E-state index contributed by atoms with van der Waals surface area (Å²) in [7, 11) is 5.07. The van der Waals surface area contributed by atoms with Crippen molar-refractivity contribution in [3.05, 3.63) is 36.2 Å². The second-order valence-corrected chi connectivity index (χ2v) is 4.66. The monoisotopic (exact) mass is 300 g/mol. The third-order valence-corrected chi connectivity index (χ3v) is 3.32. The highest BCUT2D eigenvalue weighted by atomic mass is 16.5. The summed E-state index contributed by atoms with van der Waals surface area (Å²) >= 11 is 0. The molecule has 2 aromatic heterocycles. The van der Waals surface area contributed by atoms with Gasteiger partial charge in [-0.25, -0.2) is 0 Å². The van der Waals surface area contributed by atoms with Gasteiger partial charge < -0.3 is 9.47 Å². The first-order chi connectivity index (χ1) is 10.7. The molecule has 0 aliphatic heterocycles. The molecule has 8 nitrogen and oxygen atoms in total. The van der Waals surface area contributed by atoms with Gasteiger partial charge in [-0.3, -0.25) is 4.68 Å². The number of benzene rings is 1. The third kappa shape index (κ3) is 2.62. The SMILES string of the molecule is COc1ccc(-c2nnn(Cc3ccnn3C)n2)cc1OC. The molecule has 0 saturated carbocycles. The molecule has 0 unspecified atom stereocenters. The largest absolute Gasteiger partial charge is 0.493 e. The van der Waals surface area contributed by atoms with Crippen molar-refractivity contribution in [2.45, 2.75) is 6.54 Å². The van der Waals surface area contributed by atoms with Crippen LogP contribution in [0.3, 0.4) is 0 Å². The molecule has 0 radical (unpaired) electrons. The Morgan fingerprint density at radius 3 is 2.59 bits per heavy atom. The second kappa shape index (κ2) is 5.84. The number of tetrazole rings is 1. The van der Waals surface area contributed by atoms with Gasteiger partial charge in [-0.05, 0) is 29.5 Å². The standard InChI is InChI=1S/C14H16N6O2/c1-19-11(6-7-15-19)9-20-17-14(16-18-20)10-4-5-12(21-2)13(8-10)22-3/h4-8H,9H2,1-3H3. The number of hydrogen-bond donors (Lipinski definition) is 0. The predicted octanol–water partition coefficient (Wildman–Crippen LogP) is 1.14. The summed E-state index contributed by atoms with van der Waals surface area (Å²) in [6.45, 7) is 0.511. The lowest BCUT2D eigenvalue weighted by Gasteiger charge is -2.07. The number of methoxy groups -OCH3 is 2. The van der Waals surface area contributed by atoms with Gasteiger partial charge in [0.05, 0.1) is 19.9 Å². The van der Waals surface area contributed by atoms with Gasteiger partial charge in [0.1, 0.15) is 6.54 Å². The lowest BCUT2D eigenvalue weighted by molar-refractivity contribution is 0.355.